The van der Waals surface area contributed by atoms with Gasteiger partial charge >= 0.3 is 6.18 Å². The second-order valence-corrected chi connectivity index (χ2v) is 6.71. The van der Waals surface area contributed by atoms with Gasteiger partial charge < -0.3 is 15.4 Å². The van der Waals surface area contributed by atoms with E-state index in [1.165, 1.54) is 4.90 Å². The van der Waals surface area contributed by atoms with Crippen LogP contribution < -0.4 is 10.6 Å². The molecule has 1 fully saturated rings. The minimum atomic E-state index is -4.11. The summed E-state index contributed by atoms with van der Waals surface area (Å²) in [5.74, 6) is 1.45. The molecular formula is C16H31F3N4O. The SMILES string of the molecule is CN=C(NCCCOCC(C)C)NCC1CCN(CC(F)(F)F)C1. The summed E-state index contributed by atoms with van der Waals surface area (Å²) < 4.78 is 42.6. The van der Waals surface area contributed by atoms with Crippen molar-refractivity contribution < 1.29 is 17.9 Å². The van der Waals surface area contributed by atoms with Crippen molar-refractivity contribution in [2.24, 2.45) is 16.8 Å². The normalized spacial score (nSPS) is 20.0. The van der Waals surface area contributed by atoms with Gasteiger partial charge in [-0.25, -0.2) is 0 Å². The lowest BCUT2D eigenvalue weighted by Crippen LogP contribution is -2.41. The Kier molecular flexibility index (Phi) is 9.43. The summed E-state index contributed by atoms with van der Waals surface area (Å²) in [4.78, 5) is 5.60. The number of hydrogen-bond donors (Lipinski definition) is 2. The molecule has 1 aliphatic heterocycles. The number of aliphatic imine (C=N–C) groups is 1. The molecule has 0 saturated carbocycles. The molecule has 1 saturated heterocycles. The molecule has 1 aliphatic rings. The minimum Gasteiger partial charge on any atom is -0.381 e. The summed E-state index contributed by atoms with van der Waals surface area (Å²) in [5, 5.41) is 6.39. The van der Waals surface area contributed by atoms with E-state index in [0.717, 1.165) is 26.0 Å². The summed E-state index contributed by atoms with van der Waals surface area (Å²) in [6, 6.07) is 0. The largest absolute Gasteiger partial charge is 0.401 e. The van der Waals surface area contributed by atoms with E-state index in [-0.39, 0.29) is 5.92 Å². The van der Waals surface area contributed by atoms with Crippen LogP contribution in [0.15, 0.2) is 4.99 Å². The Bertz CT molecular complexity index is 375. The molecule has 0 aromatic carbocycles. The average molecular weight is 352 g/mol. The lowest BCUT2D eigenvalue weighted by molar-refractivity contribution is -0.143. The number of halogens is 3. The standard InChI is InChI=1S/C16H31F3N4O/c1-13(2)11-24-8-4-6-21-15(20-3)22-9-14-5-7-23(10-14)12-16(17,18)19/h13-14H,4-12H2,1-3H3,(H2,20,21,22). The fourth-order valence-electron chi connectivity index (χ4n) is 2.64. The van der Waals surface area contributed by atoms with E-state index in [1.54, 1.807) is 7.05 Å². The first-order valence-corrected chi connectivity index (χ1v) is 8.61. The number of hydrogen-bond acceptors (Lipinski definition) is 3. The van der Waals surface area contributed by atoms with E-state index in [0.29, 0.717) is 38.1 Å². The molecule has 0 bridgehead atoms. The van der Waals surface area contributed by atoms with Crippen molar-refractivity contribution in [1.82, 2.24) is 15.5 Å². The van der Waals surface area contributed by atoms with Crippen molar-refractivity contribution in [2.45, 2.75) is 32.9 Å². The van der Waals surface area contributed by atoms with E-state index >= 15 is 0 Å². The molecule has 5 nitrogen and oxygen atoms in total. The summed E-state index contributed by atoms with van der Waals surface area (Å²) >= 11 is 0. The van der Waals surface area contributed by atoms with Gasteiger partial charge in [0, 0.05) is 39.9 Å². The van der Waals surface area contributed by atoms with E-state index in [1.807, 2.05) is 0 Å². The second kappa shape index (κ2) is 10.8. The van der Waals surface area contributed by atoms with Gasteiger partial charge in [0.1, 0.15) is 0 Å². The van der Waals surface area contributed by atoms with Gasteiger partial charge in [0.15, 0.2) is 5.96 Å². The van der Waals surface area contributed by atoms with Crippen LogP contribution in [0.4, 0.5) is 13.2 Å². The molecule has 0 aromatic rings. The Morgan fingerprint density at radius 1 is 1.33 bits per heavy atom. The van der Waals surface area contributed by atoms with Crippen molar-refractivity contribution in [3.8, 4) is 0 Å². The van der Waals surface area contributed by atoms with Crippen LogP contribution in [0.1, 0.15) is 26.7 Å². The molecule has 0 spiro atoms. The highest BCUT2D eigenvalue weighted by Crippen LogP contribution is 2.22. The Balaban J connectivity index is 2.12. The zero-order valence-electron chi connectivity index (χ0n) is 15.0. The highest BCUT2D eigenvalue weighted by molar-refractivity contribution is 5.79. The van der Waals surface area contributed by atoms with Gasteiger partial charge in [-0.05, 0) is 31.2 Å². The first-order chi connectivity index (χ1) is 11.3. The second-order valence-electron chi connectivity index (χ2n) is 6.71. The number of nitrogens with zero attached hydrogens (tertiary/aromatic N) is 2. The van der Waals surface area contributed by atoms with Crippen molar-refractivity contribution in [3.05, 3.63) is 0 Å². The Morgan fingerprint density at radius 3 is 2.71 bits per heavy atom. The van der Waals surface area contributed by atoms with Gasteiger partial charge in [-0.15, -0.1) is 0 Å². The number of guanidine groups is 1. The van der Waals surface area contributed by atoms with Crippen LogP contribution in [0.5, 0.6) is 0 Å². The fourth-order valence-corrected chi connectivity index (χ4v) is 2.64. The minimum absolute atomic E-state index is 0.222. The van der Waals surface area contributed by atoms with Crippen molar-refractivity contribution in [2.75, 3.05) is 53.0 Å². The zero-order chi connectivity index (χ0) is 18.0. The maximum absolute atomic E-state index is 12.4. The van der Waals surface area contributed by atoms with Crippen LogP contribution >= 0.6 is 0 Å². The van der Waals surface area contributed by atoms with Crippen LogP contribution in [0.25, 0.3) is 0 Å². The van der Waals surface area contributed by atoms with Gasteiger partial charge in [-0.2, -0.15) is 13.2 Å². The predicted molar refractivity (Wildman–Crippen MR) is 90.2 cm³/mol. The smallest absolute Gasteiger partial charge is 0.381 e. The third-order valence-electron chi connectivity index (χ3n) is 3.76. The molecule has 1 atom stereocenters. The zero-order valence-corrected chi connectivity index (χ0v) is 15.0. The molecule has 0 aliphatic carbocycles. The number of rotatable bonds is 9. The summed E-state index contributed by atoms with van der Waals surface area (Å²) in [5.41, 5.74) is 0. The topological polar surface area (TPSA) is 48.9 Å². The Labute approximate surface area is 143 Å². The average Bonchev–Trinajstić information content (AvgIpc) is 2.90. The molecule has 0 aromatic heterocycles. The number of ether oxygens (including phenoxy) is 1. The van der Waals surface area contributed by atoms with Gasteiger partial charge in [0.25, 0.3) is 0 Å². The highest BCUT2D eigenvalue weighted by atomic mass is 19.4. The molecule has 1 rings (SSSR count). The molecule has 24 heavy (non-hydrogen) atoms. The predicted octanol–water partition coefficient (Wildman–Crippen LogP) is 2.10. The lowest BCUT2D eigenvalue weighted by atomic mass is 10.1. The molecule has 0 amide bonds. The highest BCUT2D eigenvalue weighted by Gasteiger charge is 2.34. The Morgan fingerprint density at radius 2 is 2.08 bits per heavy atom. The molecule has 8 heteroatoms. The molecular weight excluding hydrogens is 321 g/mol. The third-order valence-corrected chi connectivity index (χ3v) is 3.76. The van der Waals surface area contributed by atoms with E-state index in [9.17, 15) is 13.2 Å². The fraction of sp³-hybridized carbons (Fsp3) is 0.938. The van der Waals surface area contributed by atoms with Crippen molar-refractivity contribution in [1.29, 1.82) is 0 Å². The Hall–Kier alpha value is -1.02. The lowest BCUT2D eigenvalue weighted by Gasteiger charge is -2.18. The first kappa shape index (κ1) is 21.0. The summed E-state index contributed by atoms with van der Waals surface area (Å²) in [6.07, 6.45) is -2.45. The van der Waals surface area contributed by atoms with Gasteiger partial charge in [-0.3, -0.25) is 9.89 Å². The van der Waals surface area contributed by atoms with Crippen LogP contribution in [0, 0.1) is 11.8 Å². The molecule has 1 heterocycles. The maximum Gasteiger partial charge on any atom is 0.401 e. The van der Waals surface area contributed by atoms with E-state index < -0.39 is 12.7 Å². The van der Waals surface area contributed by atoms with Crippen molar-refractivity contribution in [3.63, 3.8) is 0 Å². The van der Waals surface area contributed by atoms with E-state index in [4.69, 9.17) is 4.74 Å². The number of likely N-dealkylation sites (tertiary alicyclic amines) is 1. The summed E-state index contributed by atoms with van der Waals surface area (Å²) in [7, 11) is 1.69. The maximum atomic E-state index is 12.4. The van der Waals surface area contributed by atoms with Gasteiger partial charge in [0.05, 0.1) is 6.54 Å². The number of nitrogens with one attached hydrogen (secondary N) is 2. The summed E-state index contributed by atoms with van der Waals surface area (Å²) in [6.45, 7) is 7.26. The first-order valence-electron chi connectivity index (χ1n) is 8.61. The van der Waals surface area contributed by atoms with Crippen LogP contribution in [-0.2, 0) is 4.74 Å². The van der Waals surface area contributed by atoms with E-state index in [2.05, 4.69) is 29.5 Å². The molecule has 0 radical (unpaired) electrons. The molecule has 142 valence electrons. The van der Waals surface area contributed by atoms with Gasteiger partial charge in [0.2, 0.25) is 0 Å². The quantitative estimate of drug-likeness (QED) is 0.379. The number of alkyl halides is 3. The van der Waals surface area contributed by atoms with Crippen LogP contribution in [0.3, 0.4) is 0 Å². The molecule has 1 unspecified atom stereocenters. The third kappa shape index (κ3) is 9.97. The van der Waals surface area contributed by atoms with Gasteiger partial charge in [-0.1, -0.05) is 13.8 Å². The van der Waals surface area contributed by atoms with Crippen molar-refractivity contribution >= 4 is 5.96 Å². The monoisotopic (exact) mass is 352 g/mol. The van der Waals surface area contributed by atoms with Crippen LogP contribution in [-0.4, -0.2) is 70.0 Å². The van der Waals surface area contributed by atoms with Crippen LogP contribution in [0.2, 0.25) is 0 Å². The molecule has 2 N–H and O–H groups in total.